The number of carbonyl (C=O) groups excluding carboxylic acids is 3. The first-order valence-corrected chi connectivity index (χ1v) is 8.99. The van der Waals surface area contributed by atoms with Crippen LogP contribution in [0.15, 0.2) is 42.5 Å². The molecule has 2 fully saturated rings. The highest BCUT2D eigenvalue weighted by Gasteiger charge is 2.47. The fraction of sp³-hybridized carbons (Fsp3) is 0.450. The summed E-state index contributed by atoms with van der Waals surface area (Å²) in [5.41, 5.74) is 1.08. The molecule has 5 heteroatoms. The van der Waals surface area contributed by atoms with Gasteiger partial charge in [-0.2, -0.15) is 0 Å². The van der Waals surface area contributed by atoms with Gasteiger partial charge in [-0.15, -0.1) is 0 Å². The van der Waals surface area contributed by atoms with Gasteiger partial charge in [0.25, 0.3) is 0 Å². The van der Waals surface area contributed by atoms with Gasteiger partial charge in [0.05, 0.1) is 17.9 Å². The van der Waals surface area contributed by atoms with Crippen molar-refractivity contribution in [2.75, 3.05) is 6.54 Å². The van der Waals surface area contributed by atoms with Crippen molar-refractivity contribution in [3.05, 3.63) is 48.0 Å². The lowest BCUT2D eigenvalue weighted by molar-refractivity contribution is -0.143. The maximum absolute atomic E-state index is 12.5. The molecular weight excluding hydrogens is 316 g/mol. The van der Waals surface area contributed by atoms with Crippen molar-refractivity contribution >= 4 is 17.7 Å². The van der Waals surface area contributed by atoms with Crippen LogP contribution >= 0.6 is 0 Å². The molecule has 5 nitrogen and oxygen atoms in total. The van der Waals surface area contributed by atoms with Crippen LogP contribution in [0.3, 0.4) is 0 Å². The average molecular weight is 338 g/mol. The highest BCUT2D eigenvalue weighted by atomic mass is 16.2. The Morgan fingerprint density at radius 1 is 1.04 bits per heavy atom. The van der Waals surface area contributed by atoms with Gasteiger partial charge in [0.1, 0.15) is 6.54 Å². The first-order chi connectivity index (χ1) is 12.1. The summed E-state index contributed by atoms with van der Waals surface area (Å²) in [5.74, 6) is -0.760. The van der Waals surface area contributed by atoms with Crippen LogP contribution in [-0.2, 0) is 14.4 Å². The summed E-state index contributed by atoms with van der Waals surface area (Å²) < 4.78 is 0. The Morgan fingerprint density at radius 2 is 1.64 bits per heavy atom. The van der Waals surface area contributed by atoms with Crippen LogP contribution in [0.2, 0.25) is 0 Å². The van der Waals surface area contributed by atoms with E-state index in [4.69, 9.17) is 0 Å². The second kappa shape index (κ2) is 6.47. The predicted octanol–water partition coefficient (Wildman–Crippen LogP) is 2.21. The Labute approximate surface area is 147 Å². The monoisotopic (exact) mass is 338 g/mol. The highest BCUT2D eigenvalue weighted by molar-refractivity contribution is 6.07. The summed E-state index contributed by atoms with van der Waals surface area (Å²) >= 11 is 0. The SMILES string of the molecule is O=C(CN1C(=O)C2CC=CCC2C1=O)NC(c1ccccc1)C1CC1. The lowest BCUT2D eigenvalue weighted by atomic mass is 9.85. The number of imide groups is 1. The van der Waals surface area contributed by atoms with E-state index in [1.165, 1.54) is 0 Å². The van der Waals surface area contributed by atoms with Crippen LogP contribution < -0.4 is 5.32 Å². The highest BCUT2D eigenvalue weighted by Crippen LogP contribution is 2.41. The molecule has 25 heavy (non-hydrogen) atoms. The molecule has 3 amide bonds. The second-order valence-electron chi connectivity index (χ2n) is 7.21. The summed E-state index contributed by atoms with van der Waals surface area (Å²) in [4.78, 5) is 38.7. The molecule has 1 saturated heterocycles. The smallest absolute Gasteiger partial charge is 0.240 e. The average Bonchev–Trinajstić information content (AvgIpc) is 3.45. The minimum atomic E-state index is -0.279. The maximum atomic E-state index is 12.5. The summed E-state index contributed by atoms with van der Waals surface area (Å²) in [5, 5.41) is 3.04. The predicted molar refractivity (Wildman–Crippen MR) is 92.1 cm³/mol. The molecule has 3 aliphatic rings. The Bertz CT molecular complexity index is 698. The molecule has 1 heterocycles. The number of carbonyl (C=O) groups is 3. The quantitative estimate of drug-likeness (QED) is 0.661. The minimum absolute atomic E-state index is 0.0366. The van der Waals surface area contributed by atoms with Crippen molar-refractivity contribution in [1.29, 1.82) is 0 Å². The molecule has 0 radical (unpaired) electrons. The fourth-order valence-corrected chi connectivity index (χ4v) is 3.95. The van der Waals surface area contributed by atoms with Gasteiger partial charge in [-0.25, -0.2) is 0 Å². The van der Waals surface area contributed by atoms with Gasteiger partial charge in [-0.05, 0) is 37.2 Å². The number of allylic oxidation sites excluding steroid dienone is 2. The number of hydrogen-bond donors (Lipinski definition) is 1. The van der Waals surface area contributed by atoms with Crippen molar-refractivity contribution < 1.29 is 14.4 Å². The Balaban J connectivity index is 1.43. The van der Waals surface area contributed by atoms with Gasteiger partial charge >= 0.3 is 0 Å². The number of nitrogens with one attached hydrogen (secondary N) is 1. The molecule has 0 bridgehead atoms. The van der Waals surface area contributed by atoms with E-state index in [1.54, 1.807) is 0 Å². The van der Waals surface area contributed by atoms with Crippen molar-refractivity contribution in [3.8, 4) is 0 Å². The fourth-order valence-electron chi connectivity index (χ4n) is 3.95. The molecule has 1 saturated carbocycles. The van der Waals surface area contributed by atoms with Crippen LogP contribution in [0.1, 0.15) is 37.3 Å². The second-order valence-corrected chi connectivity index (χ2v) is 7.21. The van der Waals surface area contributed by atoms with E-state index in [9.17, 15) is 14.4 Å². The number of rotatable bonds is 5. The summed E-state index contributed by atoms with van der Waals surface area (Å²) in [6, 6.07) is 9.85. The lowest BCUT2D eigenvalue weighted by Crippen LogP contribution is -2.42. The number of fused-ring (bicyclic) bond motifs is 1. The van der Waals surface area contributed by atoms with E-state index in [0.29, 0.717) is 18.8 Å². The zero-order valence-corrected chi connectivity index (χ0v) is 14.1. The molecule has 0 spiro atoms. The normalized spacial score (nSPS) is 26.5. The van der Waals surface area contributed by atoms with Crippen LogP contribution in [0, 0.1) is 17.8 Å². The van der Waals surface area contributed by atoms with Gasteiger partial charge in [0.2, 0.25) is 17.7 Å². The van der Waals surface area contributed by atoms with Gasteiger partial charge in [-0.3, -0.25) is 19.3 Å². The van der Waals surface area contributed by atoms with E-state index in [0.717, 1.165) is 23.3 Å². The zero-order valence-electron chi connectivity index (χ0n) is 14.1. The number of hydrogen-bond acceptors (Lipinski definition) is 3. The van der Waals surface area contributed by atoms with Crippen molar-refractivity contribution in [2.45, 2.75) is 31.7 Å². The third-order valence-electron chi connectivity index (χ3n) is 5.47. The molecule has 1 N–H and O–H groups in total. The Hall–Kier alpha value is -2.43. The molecule has 0 aromatic heterocycles. The molecule has 3 unspecified atom stereocenters. The molecule has 130 valence electrons. The van der Waals surface area contributed by atoms with E-state index in [1.807, 2.05) is 42.5 Å². The standard InChI is InChI=1S/C20H22N2O3/c23-17(21-18(14-10-11-14)13-6-2-1-3-7-13)12-22-19(24)15-8-4-5-9-16(15)20(22)25/h1-7,14-16,18H,8-12H2,(H,21,23). The molecule has 1 aromatic carbocycles. The van der Waals surface area contributed by atoms with E-state index in [-0.39, 0.29) is 42.1 Å². The molecule has 1 aromatic rings. The van der Waals surface area contributed by atoms with Gasteiger partial charge in [0.15, 0.2) is 0 Å². The largest absolute Gasteiger partial charge is 0.347 e. The van der Waals surface area contributed by atoms with E-state index < -0.39 is 0 Å². The summed E-state index contributed by atoms with van der Waals surface area (Å²) in [6.45, 7) is -0.166. The van der Waals surface area contributed by atoms with Crippen molar-refractivity contribution in [2.24, 2.45) is 17.8 Å². The van der Waals surface area contributed by atoms with E-state index >= 15 is 0 Å². The number of benzene rings is 1. The minimum Gasteiger partial charge on any atom is -0.347 e. The summed E-state index contributed by atoms with van der Waals surface area (Å²) in [6.07, 6.45) is 7.29. The lowest BCUT2D eigenvalue weighted by Gasteiger charge is -2.21. The van der Waals surface area contributed by atoms with Crippen LogP contribution in [-0.4, -0.2) is 29.2 Å². The number of nitrogens with zero attached hydrogens (tertiary/aromatic N) is 1. The number of likely N-dealkylation sites (tertiary alicyclic amines) is 1. The topological polar surface area (TPSA) is 66.5 Å². The molecule has 3 atom stereocenters. The zero-order chi connectivity index (χ0) is 17.4. The van der Waals surface area contributed by atoms with Crippen LogP contribution in [0.5, 0.6) is 0 Å². The summed E-state index contributed by atoms with van der Waals surface area (Å²) in [7, 11) is 0. The molecule has 2 aliphatic carbocycles. The van der Waals surface area contributed by atoms with Crippen molar-refractivity contribution in [1.82, 2.24) is 10.2 Å². The van der Waals surface area contributed by atoms with E-state index in [2.05, 4.69) is 5.32 Å². The third kappa shape index (κ3) is 3.11. The van der Waals surface area contributed by atoms with Gasteiger partial charge in [-0.1, -0.05) is 42.5 Å². The van der Waals surface area contributed by atoms with Gasteiger partial charge in [0, 0.05) is 0 Å². The van der Waals surface area contributed by atoms with Crippen LogP contribution in [0.4, 0.5) is 0 Å². The Morgan fingerprint density at radius 3 is 2.20 bits per heavy atom. The first kappa shape index (κ1) is 16.1. The Kier molecular flexibility index (Phi) is 4.15. The van der Waals surface area contributed by atoms with Crippen molar-refractivity contribution in [3.63, 3.8) is 0 Å². The number of amides is 3. The molecule has 4 rings (SSSR count). The van der Waals surface area contributed by atoms with Gasteiger partial charge < -0.3 is 5.32 Å². The van der Waals surface area contributed by atoms with Crippen LogP contribution in [0.25, 0.3) is 0 Å². The molecule has 1 aliphatic heterocycles. The first-order valence-electron chi connectivity index (χ1n) is 8.99. The maximum Gasteiger partial charge on any atom is 0.240 e. The third-order valence-corrected chi connectivity index (χ3v) is 5.47. The molecular formula is C20H22N2O3.